The predicted octanol–water partition coefficient (Wildman–Crippen LogP) is 2.40. The lowest BCUT2D eigenvalue weighted by atomic mass is 10.1. The van der Waals surface area contributed by atoms with E-state index in [0.717, 1.165) is 16.2 Å². The number of halogens is 1. The van der Waals surface area contributed by atoms with Crippen LogP contribution in [-0.4, -0.2) is 32.8 Å². The highest BCUT2D eigenvalue weighted by atomic mass is 79.9. The summed E-state index contributed by atoms with van der Waals surface area (Å²) in [5.74, 6) is -1.93. The number of carbonyl (C=O) groups is 3. The van der Waals surface area contributed by atoms with Gasteiger partial charge in [-0.15, -0.1) is 11.3 Å². The van der Waals surface area contributed by atoms with Crippen molar-refractivity contribution in [3.05, 3.63) is 49.9 Å². The van der Waals surface area contributed by atoms with Gasteiger partial charge in [0.25, 0.3) is 11.8 Å². The maximum absolute atomic E-state index is 12.2. The summed E-state index contributed by atoms with van der Waals surface area (Å²) in [6.45, 7) is -0.0259. The van der Waals surface area contributed by atoms with Gasteiger partial charge in [-0.05, 0) is 18.2 Å². The van der Waals surface area contributed by atoms with Gasteiger partial charge in [-0.3, -0.25) is 14.5 Å². The highest BCUT2D eigenvalue weighted by Gasteiger charge is 2.36. The zero-order valence-corrected chi connectivity index (χ0v) is 12.8. The van der Waals surface area contributed by atoms with Gasteiger partial charge in [-0.2, -0.15) is 0 Å². The normalized spacial score (nSPS) is 13.7. The molecule has 0 saturated heterocycles. The first-order valence-corrected chi connectivity index (χ1v) is 7.48. The number of carboxylic acids is 1. The number of fused-ring (bicyclic) bond motifs is 1. The fourth-order valence-electron chi connectivity index (χ4n) is 2.02. The third-order valence-corrected chi connectivity index (χ3v) is 4.32. The zero-order valence-electron chi connectivity index (χ0n) is 10.4. The molecular formula is C13H7BrN2O4S. The number of carboxylic acid groups (broad SMARTS) is 1. The first-order valence-electron chi connectivity index (χ1n) is 5.81. The molecule has 1 N–H and O–H groups in total. The number of thiazole rings is 1. The highest BCUT2D eigenvalue weighted by Crippen LogP contribution is 2.27. The number of hydrogen-bond donors (Lipinski definition) is 1. The van der Waals surface area contributed by atoms with E-state index in [4.69, 9.17) is 5.11 Å². The molecule has 0 radical (unpaired) electrons. The lowest BCUT2D eigenvalue weighted by Crippen LogP contribution is -2.29. The Bertz CT molecular complexity index is 786. The van der Waals surface area contributed by atoms with Gasteiger partial charge in [0.2, 0.25) is 0 Å². The summed E-state index contributed by atoms with van der Waals surface area (Å²) in [6.07, 6.45) is 0. The maximum atomic E-state index is 12.2. The minimum atomic E-state index is -1.14. The summed E-state index contributed by atoms with van der Waals surface area (Å²) in [7, 11) is 0. The zero-order chi connectivity index (χ0) is 15.1. The molecular weight excluding hydrogens is 360 g/mol. The summed E-state index contributed by atoms with van der Waals surface area (Å²) in [4.78, 5) is 40.2. The van der Waals surface area contributed by atoms with Crippen LogP contribution in [0.1, 0.15) is 36.2 Å². The Kier molecular flexibility index (Phi) is 3.34. The molecule has 1 aliphatic rings. The van der Waals surface area contributed by atoms with Crippen LogP contribution in [0.5, 0.6) is 0 Å². The van der Waals surface area contributed by atoms with Crippen LogP contribution in [0.3, 0.4) is 0 Å². The molecule has 106 valence electrons. The van der Waals surface area contributed by atoms with E-state index in [1.54, 1.807) is 18.2 Å². The maximum Gasteiger partial charge on any atom is 0.355 e. The van der Waals surface area contributed by atoms with Crippen LogP contribution in [0.4, 0.5) is 0 Å². The van der Waals surface area contributed by atoms with Gasteiger partial charge < -0.3 is 5.11 Å². The number of aromatic nitrogens is 1. The Morgan fingerprint density at radius 1 is 1.29 bits per heavy atom. The Morgan fingerprint density at radius 3 is 2.67 bits per heavy atom. The molecule has 2 heterocycles. The summed E-state index contributed by atoms with van der Waals surface area (Å²) in [5, 5.41) is 10.6. The van der Waals surface area contributed by atoms with E-state index >= 15 is 0 Å². The number of nitrogens with zero attached hydrogens (tertiary/aromatic N) is 2. The SMILES string of the molecule is O=C(O)c1csc(CN2C(=O)c3ccc(Br)cc3C2=O)n1. The number of benzene rings is 1. The Hall–Kier alpha value is -2.06. The number of aromatic carboxylic acids is 1. The van der Waals surface area contributed by atoms with E-state index in [9.17, 15) is 14.4 Å². The number of carbonyl (C=O) groups excluding carboxylic acids is 2. The van der Waals surface area contributed by atoms with Crippen molar-refractivity contribution in [2.45, 2.75) is 6.54 Å². The molecule has 0 saturated carbocycles. The molecule has 1 aromatic heterocycles. The van der Waals surface area contributed by atoms with Crippen LogP contribution in [-0.2, 0) is 6.54 Å². The first kappa shape index (κ1) is 13.9. The second-order valence-electron chi connectivity index (χ2n) is 4.32. The molecule has 2 aromatic rings. The van der Waals surface area contributed by atoms with Crippen LogP contribution in [0.25, 0.3) is 0 Å². The van der Waals surface area contributed by atoms with E-state index in [1.165, 1.54) is 5.38 Å². The highest BCUT2D eigenvalue weighted by molar-refractivity contribution is 9.10. The van der Waals surface area contributed by atoms with Crippen molar-refractivity contribution in [1.29, 1.82) is 0 Å². The Morgan fingerprint density at radius 2 is 2.00 bits per heavy atom. The Balaban J connectivity index is 1.89. The molecule has 0 aliphatic carbocycles. The minimum Gasteiger partial charge on any atom is -0.476 e. The van der Waals surface area contributed by atoms with E-state index in [1.807, 2.05) is 0 Å². The minimum absolute atomic E-state index is 0.0259. The van der Waals surface area contributed by atoms with Crippen molar-refractivity contribution in [2.75, 3.05) is 0 Å². The molecule has 0 spiro atoms. The fourth-order valence-corrected chi connectivity index (χ4v) is 3.14. The van der Waals surface area contributed by atoms with E-state index in [2.05, 4.69) is 20.9 Å². The predicted molar refractivity (Wildman–Crippen MR) is 77.4 cm³/mol. The Labute approximate surface area is 131 Å². The van der Waals surface area contributed by atoms with Crippen molar-refractivity contribution < 1.29 is 19.5 Å². The molecule has 3 rings (SSSR count). The third kappa shape index (κ3) is 2.36. The van der Waals surface area contributed by atoms with Crippen LogP contribution in [0.2, 0.25) is 0 Å². The lowest BCUT2D eigenvalue weighted by Gasteiger charge is -2.11. The van der Waals surface area contributed by atoms with Crippen molar-refractivity contribution >= 4 is 45.1 Å². The van der Waals surface area contributed by atoms with Gasteiger partial charge in [0.1, 0.15) is 5.01 Å². The largest absolute Gasteiger partial charge is 0.476 e. The molecule has 0 fully saturated rings. The summed E-state index contributed by atoms with van der Waals surface area (Å²) < 4.78 is 0.715. The van der Waals surface area contributed by atoms with Crippen molar-refractivity contribution in [3.63, 3.8) is 0 Å². The van der Waals surface area contributed by atoms with Gasteiger partial charge in [0, 0.05) is 9.85 Å². The number of hydrogen-bond acceptors (Lipinski definition) is 5. The number of rotatable bonds is 3. The quantitative estimate of drug-likeness (QED) is 0.842. The number of amides is 2. The smallest absolute Gasteiger partial charge is 0.355 e. The lowest BCUT2D eigenvalue weighted by molar-refractivity contribution is 0.0641. The van der Waals surface area contributed by atoms with Crippen molar-refractivity contribution in [3.8, 4) is 0 Å². The van der Waals surface area contributed by atoms with Crippen LogP contribution >= 0.6 is 27.3 Å². The molecule has 21 heavy (non-hydrogen) atoms. The number of imide groups is 1. The van der Waals surface area contributed by atoms with Gasteiger partial charge in [0.15, 0.2) is 5.69 Å². The molecule has 0 unspecified atom stereocenters. The molecule has 8 heteroatoms. The molecule has 1 aliphatic heterocycles. The van der Waals surface area contributed by atoms with Crippen molar-refractivity contribution in [2.24, 2.45) is 0 Å². The summed E-state index contributed by atoms with van der Waals surface area (Å²) in [5.41, 5.74) is 0.594. The summed E-state index contributed by atoms with van der Waals surface area (Å²) in [6, 6.07) is 4.88. The van der Waals surface area contributed by atoms with Crippen molar-refractivity contribution in [1.82, 2.24) is 9.88 Å². The monoisotopic (exact) mass is 366 g/mol. The molecule has 6 nitrogen and oxygen atoms in total. The molecule has 0 atom stereocenters. The van der Waals surface area contributed by atoms with Gasteiger partial charge in [-0.1, -0.05) is 15.9 Å². The first-order chi connectivity index (χ1) is 9.97. The average molecular weight is 367 g/mol. The van der Waals surface area contributed by atoms with Gasteiger partial charge >= 0.3 is 5.97 Å². The summed E-state index contributed by atoms with van der Waals surface area (Å²) >= 11 is 4.36. The topological polar surface area (TPSA) is 87.6 Å². The molecule has 1 aromatic carbocycles. The van der Waals surface area contributed by atoms with Crippen LogP contribution in [0.15, 0.2) is 28.1 Å². The van der Waals surface area contributed by atoms with E-state index in [0.29, 0.717) is 20.6 Å². The van der Waals surface area contributed by atoms with E-state index in [-0.39, 0.29) is 12.2 Å². The van der Waals surface area contributed by atoms with E-state index < -0.39 is 17.8 Å². The third-order valence-electron chi connectivity index (χ3n) is 3.00. The standard InChI is InChI=1S/C13H7BrN2O4S/c14-6-1-2-7-8(3-6)12(18)16(11(7)17)4-10-15-9(5-21-10)13(19)20/h1-3,5H,4H2,(H,19,20). The second-order valence-corrected chi connectivity index (χ2v) is 6.18. The second kappa shape index (κ2) is 5.05. The van der Waals surface area contributed by atoms with Crippen LogP contribution in [0, 0.1) is 0 Å². The van der Waals surface area contributed by atoms with Gasteiger partial charge in [-0.25, -0.2) is 9.78 Å². The average Bonchev–Trinajstić information content (AvgIpc) is 2.99. The van der Waals surface area contributed by atoms with Gasteiger partial charge in [0.05, 0.1) is 17.7 Å². The molecule has 0 bridgehead atoms. The molecule has 2 amide bonds. The van der Waals surface area contributed by atoms with Crippen LogP contribution < -0.4 is 0 Å². The fraction of sp³-hybridized carbons (Fsp3) is 0.0769.